The van der Waals surface area contributed by atoms with E-state index in [4.69, 9.17) is 9.47 Å². The first-order chi connectivity index (χ1) is 8.62. The van der Waals surface area contributed by atoms with E-state index in [0.29, 0.717) is 34.4 Å². The van der Waals surface area contributed by atoms with E-state index in [1.807, 2.05) is 6.92 Å². The van der Waals surface area contributed by atoms with E-state index in [1.54, 1.807) is 12.1 Å². The fourth-order valence-electron chi connectivity index (χ4n) is 1.33. The summed E-state index contributed by atoms with van der Waals surface area (Å²) in [5, 5.41) is 2.62. The van der Waals surface area contributed by atoms with Crippen LogP contribution in [0.15, 0.2) is 16.6 Å². The lowest BCUT2D eigenvalue weighted by molar-refractivity contribution is -0.123. The van der Waals surface area contributed by atoms with Crippen molar-refractivity contribution in [3.63, 3.8) is 0 Å². The van der Waals surface area contributed by atoms with Crippen molar-refractivity contribution >= 4 is 28.1 Å². The molecule has 0 heterocycles. The van der Waals surface area contributed by atoms with Crippen LogP contribution in [-0.2, 0) is 4.79 Å². The van der Waals surface area contributed by atoms with E-state index in [0.717, 1.165) is 0 Å². The molecule has 0 aliphatic carbocycles. The lowest BCUT2D eigenvalue weighted by Gasteiger charge is -2.12. The van der Waals surface area contributed by atoms with Crippen LogP contribution in [0.25, 0.3) is 0 Å². The number of benzene rings is 1. The zero-order chi connectivity index (χ0) is 13.5. The summed E-state index contributed by atoms with van der Waals surface area (Å²) in [4.78, 5) is 22.0. The molecular weight excluding hydrogens is 302 g/mol. The number of likely N-dealkylation sites (N-methyl/N-ethyl adjacent to an activating group) is 1. The normalized spacial score (nSPS) is 9.72. The zero-order valence-corrected chi connectivity index (χ0v) is 11.7. The number of halogens is 1. The average Bonchev–Trinajstić information content (AvgIpc) is 2.36. The smallest absolute Gasteiger partial charge is 0.257 e. The van der Waals surface area contributed by atoms with Crippen molar-refractivity contribution in [1.29, 1.82) is 0 Å². The van der Waals surface area contributed by atoms with Gasteiger partial charge in [0.15, 0.2) is 18.1 Å². The largest absolute Gasteiger partial charge is 0.493 e. The minimum Gasteiger partial charge on any atom is -0.493 e. The molecule has 5 nitrogen and oxygen atoms in total. The van der Waals surface area contributed by atoms with Crippen LogP contribution in [-0.4, -0.2) is 32.5 Å². The van der Waals surface area contributed by atoms with Gasteiger partial charge in [0.05, 0.1) is 11.6 Å². The minimum absolute atomic E-state index is 0.108. The van der Waals surface area contributed by atoms with Gasteiger partial charge in [-0.2, -0.15) is 0 Å². The topological polar surface area (TPSA) is 64.6 Å². The highest BCUT2D eigenvalue weighted by atomic mass is 79.9. The first-order valence-electron chi connectivity index (χ1n) is 5.34. The molecule has 1 aromatic rings. The van der Waals surface area contributed by atoms with Gasteiger partial charge in [0, 0.05) is 12.1 Å². The maximum atomic E-state index is 11.3. The molecule has 0 atom stereocenters. The van der Waals surface area contributed by atoms with E-state index in [1.165, 1.54) is 7.11 Å². The maximum absolute atomic E-state index is 11.3. The summed E-state index contributed by atoms with van der Waals surface area (Å²) >= 11 is 3.27. The van der Waals surface area contributed by atoms with Gasteiger partial charge in [-0.25, -0.2) is 0 Å². The second-order valence-corrected chi connectivity index (χ2v) is 4.25. The van der Waals surface area contributed by atoms with Crippen molar-refractivity contribution in [2.24, 2.45) is 0 Å². The van der Waals surface area contributed by atoms with Gasteiger partial charge in [0.1, 0.15) is 6.29 Å². The van der Waals surface area contributed by atoms with Gasteiger partial charge < -0.3 is 14.8 Å². The maximum Gasteiger partial charge on any atom is 0.257 e. The van der Waals surface area contributed by atoms with E-state index in [-0.39, 0.29) is 12.5 Å². The third-order valence-electron chi connectivity index (χ3n) is 2.11. The Morgan fingerprint density at radius 2 is 2.22 bits per heavy atom. The van der Waals surface area contributed by atoms with Crippen molar-refractivity contribution in [1.82, 2.24) is 5.32 Å². The van der Waals surface area contributed by atoms with Gasteiger partial charge in [-0.05, 0) is 35.0 Å². The first kappa shape index (κ1) is 14.5. The van der Waals surface area contributed by atoms with E-state index < -0.39 is 0 Å². The van der Waals surface area contributed by atoms with Gasteiger partial charge >= 0.3 is 0 Å². The average molecular weight is 316 g/mol. The van der Waals surface area contributed by atoms with Crippen molar-refractivity contribution in [3.8, 4) is 11.5 Å². The Morgan fingerprint density at radius 3 is 2.78 bits per heavy atom. The molecule has 1 amide bonds. The highest BCUT2D eigenvalue weighted by Crippen LogP contribution is 2.36. The number of nitrogens with one attached hydrogen (secondary N) is 1. The Labute approximate surface area is 114 Å². The van der Waals surface area contributed by atoms with Crippen LogP contribution in [0.2, 0.25) is 0 Å². The quantitative estimate of drug-likeness (QED) is 0.813. The van der Waals surface area contributed by atoms with Gasteiger partial charge in [-0.1, -0.05) is 0 Å². The lowest BCUT2D eigenvalue weighted by atomic mass is 10.2. The van der Waals surface area contributed by atoms with Crippen molar-refractivity contribution < 1.29 is 19.1 Å². The predicted octanol–water partition coefficient (Wildman–Crippen LogP) is 1.79. The molecule has 0 saturated carbocycles. The molecule has 18 heavy (non-hydrogen) atoms. The van der Waals surface area contributed by atoms with E-state index in [9.17, 15) is 9.59 Å². The summed E-state index contributed by atoms with van der Waals surface area (Å²) in [5.74, 6) is 0.580. The number of rotatable bonds is 6. The van der Waals surface area contributed by atoms with Gasteiger partial charge in [-0.3, -0.25) is 9.59 Å². The third kappa shape index (κ3) is 3.73. The van der Waals surface area contributed by atoms with Crippen molar-refractivity contribution in [2.75, 3.05) is 20.3 Å². The molecule has 6 heteroatoms. The summed E-state index contributed by atoms with van der Waals surface area (Å²) in [6, 6.07) is 3.15. The third-order valence-corrected chi connectivity index (χ3v) is 2.70. The fourth-order valence-corrected chi connectivity index (χ4v) is 1.91. The Balaban J connectivity index is 2.87. The monoisotopic (exact) mass is 315 g/mol. The fraction of sp³-hybridized carbons (Fsp3) is 0.333. The molecule has 0 aliphatic rings. The second-order valence-electron chi connectivity index (χ2n) is 3.39. The van der Waals surface area contributed by atoms with Crippen LogP contribution in [0.5, 0.6) is 11.5 Å². The Kier molecular flexibility index (Phi) is 5.64. The van der Waals surface area contributed by atoms with E-state index >= 15 is 0 Å². The standard InChI is InChI=1S/C12H14BrNO4/c1-3-14-11(16)7-18-12-9(13)4-8(6-15)5-10(12)17-2/h4-6H,3,7H2,1-2H3,(H,14,16). The molecule has 0 saturated heterocycles. The van der Waals surface area contributed by atoms with E-state index in [2.05, 4.69) is 21.2 Å². The molecule has 0 unspecified atom stereocenters. The van der Waals surface area contributed by atoms with Crippen molar-refractivity contribution in [3.05, 3.63) is 22.2 Å². The molecule has 1 N–H and O–H groups in total. The number of hydrogen-bond acceptors (Lipinski definition) is 4. The Morgan fingerprint density at radius 1 is 1.50 bits per heavy atom. The van der Waals surface area contributed by atoms with Crippen LogP contribution in [0.3, 0.4) is 0 Å². The van der Waals surface area contributed by atoms with Gasteiger partial charge in [-0.15, -0.1) is 0 Å². The highest BCUT2D eigenvalue weighted by molar-refractivity contribution is 9.10. The highest BCUT2D eigenvalue weighted by Gasteiger charge is 2.13. The lowest BCUT2D eigenvalue weighted by Crippen LogP contribution is -2.28. The van der Waals surface area contributed by atoms with Crippen LogP contribution < -0.4 is 14.8 Å². The zero-order valence-electron chi connectivity index (χ0n) is 10.2. The number of amides is 1. The number of ether oxygens (including phenoxy) is 2. The van der Waals surface area contributed by atoms with Gasteiger partial charge in [0.2, 0.25) is 0 Å². The Bertz CT molecular complexity index is 448. The molecule has 0 bridgehead atoms. The molecular formula is C12H14BrNO4. The van der Waals surface area contributed by atoms with Crippen LogP contribution in [0.1, 0.15) is 17.3 Å². The minimum atomic E-state index is -0.217. The molecule has 0 aliphatic heterocycles. The molecule has 1 rings (SSSR count). The summed E-state index contributed by atoms with van der Waals surface area (Å²) in [6.07, 6.45) is 0.709. The molecule has 0 radical (unpaired) electrons. The second kappa shape index (κ2) is 7.00. The number of carbonyl (C=O) groups excluding carboxylic acids is 2. The predicted molar refractivity (Wildman–Crippen MR) is 70.3 cm³/mol. The number of hydrogen-bond donors (Lipinski definition) is 1. The Hall–Kier alpha value is -1.56. The number of aldehydes is 1. The summed E-state index contributed by atoms with van der Waals surface area (Å²) in [6.45, 7) is 2.26. The van der Waals surface area contributed by atoms with Crippen LogP contribution in [0.4, 0.5) is 0 Å². The molecule has 0 aromatic heterocycles. The molecule has 0 spiro atoms. The number of carbonyl (C=O) groups is 2. The SMILES string of the molecule is CCNC(=O)COc1c(Br)cc(C=O)cc1OC. The van der Waals surface area contributed by atoms with Crippen molar-refractivity contribution in [2.45, 2.75) is 6.92 Å². The molecule has 1 aromatic carbocycles. The van der Waals surface area contributed by atoms with Crippen LogP contribution in [0, 0.1) is 0 Å². The molecule has 98 valence electrons. The summed E-state index contributed by atoms with van der Waals surface area (Å²) < 4.78 is 11.1. The molecule has 0 fully saturated rings. The van der Waals surface area contributed by atoms with Crippen LogP contribution >= 0.6 is 15.9 Å². The number of methoxy groups -OCH3 is 1. The first-order valence-corrected chi connectivity index (χ1v) is 6.13. The van der Waals surface area contributed by atoms with Gasteiger partial charge in [0.25, 0.3) is 5.91 Å². The summed E-state index contributed by atoms with van der Waals surface area (Å²) in [5.41, 5.74) is 0.462. The summed E-state index contributed by atoms with van der Waals surface area (Å²) in [7, 11) is 1.47.